The fraction of sp³-hybridized carbons (Fsp3) is 0.231. The molecule has 2 heterocycles. The van der Waals surface area contributed by atoms with Crippen molar-refractivity contribution in [3.8, 4) is 5.75 Å². The highest BCUT2D eigenvalue weighted by Gasteiger charge is 2.23. The molecule has 0 bridgehead atoms. The minimum atomic E-state index is 0.0350. The van der Waals surface area contributed by atoms with E-state index in [1.54, 1.807) is 12.1 Å². The van der Waals surface area contributed by atoms with Crippen LogP contribution in [0.1, 0.15) is 27.4 Å². The zero-order valence-corrected chi connectivity index (χ0v) is 9.40. The van der Waals surface area contributed by atoms with Crippen LogP contribution in [-0.2, 0) is 13.0 Å². The van der Waals surface area contributed by atoms with Gasteiger partial charge in [-0.1, -0.05) is 17.3 Å². The Labute approximate surface area is 98.2 Å². The first-order chi connectivity index (χ1) is 8.25. The molecule has 0 N–H and O–H groups in total. The van der Waals surface area contributed by atoms with Gasteiger partial charge >= 0.3 is 0 Å². The Hall–Kier alpha value is -2.10. The third-order valence-corrected chi connectivity index (χ3v) is 2.95. The average molecular weight is 229 g/mol. The molecule has 3 rings (SSSR count). The van der Waals surface area contributed by atoms with Crippen LogP contribution in [0, 0.1) is 6.92 Å². The van der Waals surface area contributed by atoms with Crippen LogP contribution in [0.5, 0.6) is 5.75 Å². The number of hydrogen-bond donors (Lipinski definition) is 0. The number of fused-ring (bicyclic) bond motifs is 2. The van der Waals surface area contributed by atoms with Gasteiger partial charge in [0.15, 0.2) is 11.5 Å². The largest absolute Gasteiger partial charge is 0.485 e. The lowest BCUT2D eigenvalue weighted by Crippen LogP contribution is -2.12. The molecule has 0 spiro atoms. The Kier molecular flexibility index (Phi) is 2.21. The van der Waals surface area contributed by atoms with Crippen LogP contribution in [0.4, 0.5) is 0 Å². The molecule has 0 saturated carbocycles. The fourth-order valence-electron chi connectivity index (χ4n) is 2.00. The number of ether oxygens (including phenoxy) is 1. The molecule has 2 aromatic rings. The van der Waals surface area contributed by atoms with E-state index in [0.29, 0.717) is 30.1 Å². The third-order valence-electron chi connectivity index (χ3n) is 2.95. The first kappa shape index (κ1) is 10.1. The number of carbonyl (C=O) groups excluding carboxylic acids is 1. The van der Waals surface area contributed by atoms with Gasteiger partial charge in [-0.2, -0.15) is 0 Å². The van der Waals surface area contributed by atoms with E-state index in [1.807, 2.05) is 19.1 Å². The van der Waals surface area contributed by atoms with Crippen molar-refractivity contribution in [2.45, 2.75) is 20.0 Å². The Morgan fingerprint density at radius 3 is 3.00 bits per heavy atom. The van der Waals surface area contributed by atoms with Gasteiger partial charge in [0, 0.05) is 12.0 Å². The van der Waals surface area contributed by atoms with Crippen LogP contribution in [0.25, 0.3) is 0 Å². The van der Waals surface area contributed by atoms with E-state index < -0.39 is 0 Å². The molecular weight excluding hydrogens is 218 g/mol. The summed E-state index contributed by atoms with van der Waals surface area (Å²) in [7, 11) is 0. The highest BCUT2D eigenvalue weighted by atomic mass is 16.5. The van der Waals surface area contributed by atoms with Gasteiger partial charge in [-0.05, 0) is 19.1 Å². The van der Waals surface area contributed by atoms with Gasteiger partial charge in [0.05, 0.1) is 11.3 Å². The van der Waals surface area contributed by atoms with Crippen molar-refractivity contribution < 1.29 is 14.1 Å². The van der Waals surface area contributed by atoms with Crippen molar-refractivity contribution in [2.24, 2.45) is 0 Å². The van der Waals surface area contributed by atoms with E-state index in [2.05, 4.69) is 5.16 Å². The summed E-state index contributed by atoms with van der Waals surface area (Å²) < 4.78 is 10.7. The minimum Gasteiger partial charge on any atom is -0.485 e. The van der Waals surface area contributed by atoms with Crippen molar-refractivity contribution in [2.75, 3.05) is 0 Å². The Morgan fingerprint density at radius 2 is 2.12 bits per heavy atom. The molecule has 1 aliphatic heterocycles. The number of aromatic nitrogens is 1. The zero-order valence-electron chi connectivity index (χ0n) is 9.40. The van der Waals surface area contributed by atoms with E-state index in [9.17, 15) is 4.79 Å². The van der Waals surface area contributed by atoms with Crippen LogP contribution >= 0.6 is 0 Å². The van der Waals surface area contributed by atoms with Gasteiger partial charge in [-0.15, -0.1) is 0 Å². The average Bonchev–Trinajstić information content (AvgIpc) is 2.66. The first-order valence-electron chi connectivity index (χ1n) is 5.45. The monoisotopic (exact) mass is 229 g/mol. The summed E-state index contributed by atoms with van der Waals surface area (Å²) in [4.78, 5) is 12.1. The number of ketones is 1. The molecule has 0 aliphatic carbocycles. The van der Waals surface area contributed by atoms with E-state index in [4.69, 9.17) is 9.26 Å². The standard InChI is InChI=1S/C13H11NO3/c1-8-10-6-11(15)9-4-2-3-5-12(9)16-7-13(10)17-14-8/h2-5H,6-7H2,1H3. The predicted molar refractivity (Wildman–Crippen MR) is 60.0 cm³/mol. The van der Waals surface area contributed by atoms with Crippen LogP contribution in [0.3, 0.4) is 0 Å². The minimum absolute atomic E-state index is 0.0350. The summed E-state index contributed by atoms with van der Waals surface area (Å²) in [6, 6.07) is 7.26. The van der Waals surface area contributed by atoms with E-state index >= 15 is 0 Å². The number of para-hydroxylation sites is 1. The van der Waals surface area contributed by atoms with Gasteiger partial charge in [-0.25, -0.2) is 0 Å². The summed E-state index contributed by atoms with van der Waals surface area (Å²) in [5.41, 5.74) is 2.24. The maximum absolute atomic E-state index is 12.1. The molecule has 1 aliphatic rings. The SMILES string of the molecule is Cc1noc2c1CC(=O)c1ccccc1OC2. The molecule has 86 valence electrons. The molecule has 4 heteroatoms. The molecule has 0 fully saturated rings. The quantitative estimate of drug-likeness (QED) is 0.695. The Morgan fingerprint density at radius 1 is 1.29 bits per heavy atom. The van der Waals surface area contributed by atoms with Crippen LogP contribution in [0.15, 0.2) is 28.8 Å². The van der Waals surface area contributed by atoms with Crippen LogP contribution < -0.4 is 4.74 Å². The van der Waals surface area contributed by atoms with Gasteiger partial charge in [0.2, 0.25) is 0 Å². The highest BCUT2D eigenvalue weighted by molar-refractivity contribution is 6.00. The van der Waals surface area contributed by atoms with Gasteiger partial charge in [-0.3, -0.25) is 4.79 Å². The lowest BCUT2D eigenvalue weighted by atomic mass is 10.00. The lowest BCUT2D eigenvalue weighted by molar-refractivity contribution is 0.0982. The Balaban J connectivity index is 2.08. The molecule has 4 nitrogen and oxygen atoms in total. The summed E-state index contributed by atoms with van der Waals surface area (Å²) in [5, 5.41) is 3.87. The molecule has 1 aromatic carbocycles. The number of rotatable bonds is 0. The van der Waals surface area contributed by atoms with Crippen molar-refractivity contribution in [1.82, 2.24) is 5.16 Å². The topological polar surface area (TPSA) is 52.3 Å². The molecular formula is C13H11NO3. The van der Waals surface area contributed by atoms with Gasteiger partial charge < -0.3 is 9.26 Å². The predicted octanol–water partition coefficient (Wildman–Crippen LogP) is 2.30. The summed E-state index contributed by atoms with van der Waals surface area (Å²) >= 11 is 0. The molecule has 0 amide bonds. The number of nitrogens with zero attached hydrogens (tertiary/aromatic N) is 1. The van der Waals surface area contributed by atoms with E-state index in [1.165, 1.54) is 0 Å². The second-order valence-electron chi connectivity index (χ2n) is 4.05. The second kappa shape index (κ2) is 3.73. The molecule has 1 aromatic heterocycles. The molecule has 0 atom stereocenters. The van der Waals surface area contributed by atoms with Crippen molar-refractivity contribution >= 4 is 5.78 Å². The molecule has 0 unspecified atom stereocenters. The molecule has 0 radical (unpaired) electrons. The maximum atomic E-state index is 12.1. The number of hydrogen-bond acceptors (Lipinski definition) is 4. The molecule has 17 heavy (non-hydrogen) atoms. The van der Waals surface area contributed by atoms with Crippen LogP contribution in [-0.4, -0.2) is 10.9 Å². The fourth-order valence-corrected chi connectivity index (χ4v) is 2.00. The maximum Gasteiger partial charge on any atom is 0.178 e. The number of aryl methyl sites for hydroxylation is 1. The summed E-state index contributed by atoms with van der Waals surface area (Å²) in [6.07, 6.45) is 0.324. The van der Waals surface area contributed by atoms with Crippen molar-refractivity contribution in [1.29, 1.82) is 0 Å². The second-order valence-corrected chi connectivity index (χ2v) is 4.05. The smallest absolute Gasteiger partial charge is 0.178 e. The first-order valence-corrected chi connectivity index (χ1v) is 5.45. The lowest BCUT2D eigenvalue weighted by Gasteiger charge is -2.13. The van der Waals surface area contributed by atoms with Gasteiger partial charge in [0.25, 0.3) is 0 Å². The normalized spacial score (nSPS) is 14.3. The van der Waals surface area contributed by atoms with Crippen molar-refractivity contribution in [3.63, 3.8) is 0 Å². The number of carbonyl (C=O) groups is 1. The number of benzene rings is 1. The summed E-state index contributed by atoms with van der Waals surface area (Å²) in [6.45, 7) is 2.16. The highest BCUT2D eigenvalue weighted by Crippen LogP contribution is 2.26. The Bertz CT molecular complexity index is 586. The molecule has 0 saturated heterocycles. The van der Waals surface area contributed by atoms with E-state index in [-0.39, 0.29) is 5.78 Å². The van der Waals surface area contributed by atoms with Crippen LogP contribution in [0.2, 0.25) is 0 Å². The van der Waals surface area contributed by atoms with Crippen molar-refractivity contribution in [3.05, 3.63) is 46.8 Å². The number of Topliss-reactive ketones (excluding diaryl/α,β-unsaturated/α-hetero) is 1. The summed E-state index contributed by atoms with van der Waals surface area (Å²) in [5.74, 6) is 1.29. The van der Waals surface area contributed by atoms with E-state index in [0.717, 1.165) is 11.3 Å². The van der Waals surface area contributed by atoms with Gasteiger partial charge in [0.1, 0.15) is 12.4 Å². The zero-order chi connectivity index (χ0) is 11.8. The third kappa shape index (κ3) is 1.62.